The number of sulfonamides is 1. The van der Waals surface area contributed by atoms with Gasteiger partial charge in [0.15, 0.2) is 5.58 Å². The van der Waals surface area contributed by atoms with Crippen molar-refractivity contribution < 1.29 is 12.8 Å². The van der Waals surface area contributed by atoms with Gasteiger partial charge in [-0.1, -0.05) is 0 Å². The van der Waals surface area contributed by atoms with Crippen LogP contribution >= 0.6 is 12.4 Å². The fraction of sp³-hybridized carbons (Fsp3) is 0.533. The molecule has 4 rings (SSSR count). The summed E-state index contributed by atoms with van der Waals surface area (Å²) in [5.74, 6) is 0.321. The predicted molar refractivity (Wildman–Crippen MR) is 90.4 cm³/mol. The Morgan fingerprint density at radius 2 is 2.00 bits per heavy atom. The topological polar surface area (TPSA) is 75.4 Å². The van der Waals surface area contributed by atoms with Crippen LogP contribution in [0, 0.1) is 0 Å². The molecule has 0 spiro atoms. The average molecular weight is 358 g/mol. The lowest BCUT2D eigenvalue weighted by molar-refractivity contribution is 0.310. The van der Waals surface area contributed by atoms with E-state index in [9.17, 15) is 8.42 Å². The van der Waals surface area contributed by atoms with Gasteiger partial charge < -0.3 is 9.73 Å². The van der Waals surface area contributed by atoms with Crippen LogP contribution in [-0.2, 0) is 10.0 Å². The number of nitrogens with zero attached hydrogens (tertiary/aromatic N) is 2. The molecule has 126 valence electrons. The van der Waals surface area contributed by atoms with E-state index in [-0.39, 0.29) is 17.7 Å². The van der Waals surface area contributed by atoms with Crippen molar-refractivity contribution in [3.63, 3.8) is 0 Å². The summed E-state index contributed by atoms with van der Waals surface area (Å²) in [5, 5.41) is 2.80. The number of piperidine rings is 1. The quantitative estimate of drug-likeness (QED) is 0.905. The summed E-state index contributed by atoms with van der Waals surface area (Å²) in [4.78, 5) is 4.40. The molecule has 6 nitrogen and oxygen atoms in total. The fourth-order valence-electron chi connectivity index (χ4n) is 3.28. The summed E-state index contributed by atoms with van der Waals surface area (Å²) in [6, 6.07) is 3.77. The van der Waals surface area contributed by atoms with Crippen molar-refractivity contribution in [2.24, 2.45) is 0 Å². The number of rotatable bonds is 3. The van der Waals surface area contributed by atoms with Crippen LogP contribution < -0.4 is 5.32 Å². The van der Waals surface area contributed by atoms with Crippen molar-refractivity contribution in [1.29, 1.82) is 0 Å². The van der Waals surface area contributed by atoms with Gasteiger partial charge in [-0.15, -0.1) is 12.4 Å². The number of hydrogen-bond acceptors (Lipinski definition) is 5. The highest BCUT2D eigenvalue weighted by Gasteiger charge is 2.38. The standard InChI is InChI=1S/C15H19N3O3S.ClH/c19-22(20,12-8-16-9-12)18-6-3-11(4-7-18)13-10-21-14-2-1-5-17-15(13)14;/h1-2,5,10-12,16H,3-4,6-9H2;1H. The van der Waals surface area contributed by atoms with Crippen molar-refractivity contribution in [3.05, 3.63) is 30.2 Å². The summed E-state index contributed by atoms with van der Waals surface area (Å²) in [7, 11) is -3.13. The van der Waals surface area contributed by atoms with Crippen LogP contribution in [0.5, 0.6) is 0 Å². The summed E-state index contributed by atoms with van der Waals surface area (Å²) < 4.78 is 32.1. The Morgan fingerprint density at radius 1 is 1.26 bits per heavy atom. The maximum absolute atomic E-state index is 12.4. The highest BCUT2D eigenvalue weighted by Crippen LogP contribution is 2.34. The Kier molecular flexibility index (Phi) is 4.64. The van der Waals surface area contributed by atoms with Gasteiger partial charge in [-0.2, -0.15) is 0 Å². The van der Waals surface area contributed by atoms with Gasteiger partial charge in [0.05, 0.1) is 6.26 Å². The fourth-order valence-corrected chi connectivity index (χ4v) is 5.08. The zero-order valence-electron chi connectivity index (χ0n) is 12.6. The van der Waals surface area contributed by atoms with E-state index in [4.69, 9.17) is 4.42 Å². The Bertz CT molecular complexity index is 780. The maximum atomic E-state index is 12.4. The number of hydrogen-bond donors (Lipinski definition) is 1. The summed E-state index contributed by atoms with van der Waals surface area (Å²) >= 11 is 0. The first-order valence-corrected chi connectivity index (χ1v) is 9.18. The molecule has 23 heavy (non-hydrogen) atoms. The lowest BCUT2D eigenvalue weighted by atomic mass is 9.91. The second-order valence-electron chi connectivity index (χ2n) is 6.04. The molecule has 2 aliphatic rings. The van der Waals surface area contributed by atoms with E-state index in [1.807, 2.05) is 12.1 Å². The molecule has 2 saturated heterocycles. The van der Waals surface area contributed by atoms with Crippen molar-refractivity contribution in [3.8, 4) is 0 Å². The van der Waals surface area contributed by atoms with Crippen LogP contribution in [0.3, 0.4) is 0 Å². The van der Waals surface area contributed by atoms with E-state index in [2.05, 4.69) is 10.3 Å². The molecule has 1 N–H and O–H groups in total. The molecule has 2 aromatic rings. The molecule has 0 atom stereocenters. The van der Waals surface area contributed by atoms with E-state index in [1.54, 1.807) is 16.8 Å². The first kappa shape index (κ1) is 16.7. The Labute approximate surface area is 141 Å². The minimum atomic E-state index is -3.13. The second-order valence-corrected chi connectivity index (χ2v) is 8.25. The third kappa shape index (κ3) is 2.87. The largest absolute Gasteiger partial charge is 0.462 e. The van der Waals surface area contributed by atoms with Gasteiger partial charge in [0.1, 0.15) is 10.8 Å². The van der Waals surface area contributed by atoms with Gasteiger partial charge >= 0.3 is 0 Å². The molecule has 0 bridgehead atoms. The first-order chi connectivity index (χ1) is 10.7. The molecular weight excluding hydrogens is 338 g/mol. The molecule has 2 aliphatic heterocycles. The minimum absolute atomic E-state index is 0. The Balaban J connectivity index is 0.00000156. The number of nitrogens with one attached hydrogen (secondary N) is 1. The van der Waals surface area contributed by atoms with E-state index >= 15 is 0 Å². The second kappa shape index (κ2) is 6.39. The smallest absolute Gasteiger partial charge is 0.219 e. The third-order valence-electron chi connectivity index (χ3n) is 4.78. The first-order valence-electron chi connectivity index (χ1n) is 7.68. The molecule has 0 aliphatic carbocycles. The third-order valence-corrected chi connectivity index (χ3v) is 7.04. The van der Waals surface area contributed by atoms with Crippen LogP contribution in [0.25, 0.3) is 11.1 Å². The summed E-state index contributed by atoms with van der Waals surface area (Å²) in [5.41, 5.74) is 2.82. The average Bonchev–Trinajstić information content (AvgIpc) is 2.89. The van der Waals surface area contributed by atoms with E-state index < -0.39 is 10.0 Å². The van der Waals surface area contributed by atoms with Crippen LogP contribution in [0.4, 0.5) is 0 Å². The zero-order valence-corrected chi connectivity index (χ0v) is 14.3. The summed E-state index contributed by atoms with van der Waals surface area (Å²) in [6.45, 7) is 2.34. The van der Waals surface area contributed by atoms with Gasteiger partial charge in [0, 0.05) is 37.9 Å². The molecule has 0 amide bonds. The molecule has 0 saturated carbocycles. The molecule has 2 aromatic heterocycles. The zero-order chi connectivity index (χ0) is 15.2. The van der Waals surface area contributed by atoms with E-state index in [0.29, 0.717) is 32.1 Å². The monoisotopic (exact) mass is 357 g/mol. The van der Waals surface area contributed by atoms with Crippen molar-refractivity contribution >= 4 is 33.5 Å². The maximum Gasteiger partial charge on any atom is 0.219 e. The lowest BCUT2D eigenvalue weighted by Gasteiger charge is -2.36. The van der Waals surface area contributed by atoms with E-state index in [1.165, 1.54) is 0 Å². The highest BCUT2D eigenvalue weighted by molar-refractivity contribution is 7.89. The predicted octanol–water partition coefficient (Wildman–Crippen LogP) is 1.73. The van der Waals surface area contributed by atoms with Crippen LogP contribution in [0.15, 0.2) is 29.0 Å². The Hall–Kier alpha value is -1.15. The van der Waals surface area contributed by atoms with Crippen LogP contribution in [-0.4, -0.2) is 49.1 Å². The van der Waals surface area contributed by atoms with Crippen LogP contribution in [0.2, 0.25) is 0 Å². The van der Waals surface area contributed by atoms with E-state index in [0.717, 1.165) is 29.5 Å². The minimum Gasteiger partial charge on any atom is -0.462 e. The summed E-state index contributed by atoms with van der Waals surface area (Å²) in [6.07, 6.45) is 5.20. The molecular formula is C15H20ClN3O3S. The number of aromatic nitrogens is 1. The van der Waals surface area contributed by atoms with Gasteiger partial charge in [0.2, 0.25) is 10.0 Å². The lowest BCUT2D eigenvalue weighted by Crippen LogP contribution is -2.57. The number of fused-ring (bicyclic) bond motifs is 1. The van der Waals surface area contributed by atoms with Gasteiger partial charge in [0.25, 0.3) is 0 Å². The molecule has 0 aromatic carbocycles. The molecule has 8 heteroatoms. The molecule has 0 unspecified atom stereocenters. The van der Waals surface area contributed by atoms with Gasteiger partial charge in [-0.25, -0.2) is 12.7 Å². The molecule has 4 heterocycles. The number of halogens is 1. The van der Waals surface area contributed by atoms with Crippen molar-refractivity contribution in [2.45, 2.75) is 24.0 Å². The van der Waals surface area contributed by atoms with Crippen LogP contribution in [0.1, 0.15) is 24.3 Å². The van der Waals surface area contributed by atoms with Gasteiger partial charge in [-0.05, 0) is 30.9 Å². The number of pyridine rings is 1. The highest BCUT2D eigenvalue weighted by atomic mass is 35.5. The van der Waals surface area contributed by atoms with Gasteiger partial charge in [-0.3, -0.25) is 4.98 Å². The Morgan fingerprint density at radius 3 is 2.65 bits per heavy atom. The van der Waals surface area contributed by atoms with Crippen molar-refractivity contribution in [2.75, 3.05) is 26.2 Å². The normalized spacial score (nSPS) is 21.0. The number of furan rings is 1. The molecule has 0 radical (unpaired) electrons. The SMILES string of the molecule is Cl.O=S(=O)(C1CNC1)N1CCC(c2coc3cccnc23)CC1. The molecule has 2 fully saturated rings. The van der Waals surface area contributed by atoms with Crippen molar-refractivity contribution in [1.82, 2.24) is 14.6 Å².